The van der Waals surface area contributed by atoms with Crippen molar-refractivity contribution in [2.45, 2.75) is 6.54 Å². The Morgan fingerprint density at radius 2 is 1.94 bits per heavy atom. The minimum absolute atomic E-state index is 0.0202. The van der Waals surface area contributed by atoms with E-state index in [4.69, 9.17) is 0 Å². The minimum Gasteiger partial charge on any atom is -0.301 e. The molecule has 0 saturated carbocycles. The summed E-state index contributed by atoms with van der Waals surface area (Å²) in [6, 6.07) is 3.37. The second-order valence-corrected chi connectivity index (χ2v) is 6.36. The fraction of sp³-hybridized carbons (Fsp3) is 0.455. The second kappa shape index (κ2) is 5.55. The van der Waals surface area contributed by atoms with Gasteiger partial charge in [-0.25, -0.2) is 17.2 Å². The van der Waals surface area contributed by atoms with Gasteiger partial charge in [0.1, 0.15) is 21.5 Å². The van der Waals surface area contributed by atoms with E-state index in [0.717, 1.165) is 12.3 Å². The Labute approximate surface area is 100.0 Å². The molecule has 1 aromatic carbocycles. The van der Waals surface area contributed by atoms with E-state index in [2.05, 4.69) is 0 Å². The number of hydrogen-bond acceptors (Lipinski definition) is 3. The molecule has 0 radical (unpaired) electrons. The third-order valence-electron chi connectivity index (χ3n) is 2.30. The van der Waals surface area contributed by atoms with Gasteiger partial charge in [0.25, 0.3) is 0 Å². The van der Waals surface area contributed by atoms with Gasteiger partial charge in [0.2, 0.25) is 0 Å². The molecule has 0 aromatic heterocycles. The summed E-state index contributed by atoms with van der Waals surface area (Å²) in [5.41, 5.74) is 0.349. The Morgan fingerprint density at radius 3 is 2.47 bits per heavy atom. The van der Waals surface area contributed by atoms with Crippen molar-refractivity contribution in [2.24, 2.45) is 0 Å². The van der Waals surface area contributed by atoms with Gasteiger partial charge >= 0.3 is 0 Å². The molecule has 0 aliphatic rings. The molecule has 0 aliphatic carbocycles. The number of nitrogens with zero attached hydrogens (tertiary/aromatic N) is 1. The first kappa shape index (κ1) is 14.1. The third kappa shape index (κ3) is 5.23. The average molecular weight is 263 g/mol. The van der Waals surface area contributed by atoms with E-state index in [1.54, 1.807) is 11.9 Å². The highest BCUT2D eigenvalue weighted by Gasteiger charge is 2.09. The molecule has 0 saturated heterocycles. The summed E-state index contributed by atoms with van der Waals surface area (Å²) in [5.74, 6) is -1.21. The van der Waals surface area contributed by atoms with Crippen LogP contribution in [-0.2, 0) is 16.4 Å². The number of benzene rings is 1. The maximum Gasteiger partial charge on any atom is 0.148 e. The number of hydrogen-bond donors (Lipinski definition) is 0. The largest absolute Gasteiger partial charge is 0.301 e. The van der Waals surface area contributed by atoms with Gasteiger partial charge in [0, 0.05) is 31.0 Å². The van der Waals surface area contributed by atoms with E-state index < -0.39 is 21.5 Å². The van der Waals surface area contributed by atoms with Crippen molar-refractivity contribution in [1.82, 2.24) is 4.90 Å². The SMILES string of the molecule is CN(CCS(C)(=O)=O)Cc1ccc(F)cc1F. The van der Waals surface area contributed by atoms with Gasteiger partial charge in [-0.1, -0.05) is 6.07 Å². The van der Waals surface area contributed by atoms with E-state index in [1.807, 2.05) is 0 Å². The number of halogens is 2. The summed E-state index contributed by atoms with van der Waals surface area (Å²) in [7, 11) is -1.34. The van der Waals surface area contributed by atoms with Crippen LogP contribution in [0.5, 0.6) is 0 Å². The van der Waals surface area contributed by atoms with Crippen LogP contribution in [0.4, 0.5) is 8.78 Å². The molecular weight excluding hydrogens is 248 g/mol. The predicted molar refractivity (Wildman–Crippen MR) is 62.4 cm³/mol. The maximum atomic E-state index is 13.3. The van der Waals surface area contributed by atoms with Crippen molar-refractivity contribution in [1.29, 1.82) is 0 Å². The van der Waals surface area contributed by atoms with E-state index in [9.17, 15) is 17.2 Å². The first-order valence-corrected chi connectivity index (χ1v) is 7.14. The smallest absolute Gasteiger partial charge is 0.148 e. The van der Waals surface area contributed by atoms with E-state index in [0.29, 0.717) is 12.1 Å². The van der Waals surface area contributed by atoms with Gasteiger partial charge in [-0.3, -0.25) is 0 Å². The Kier molecular flexibility index (Phi) is 4.59. The fourth-order valence-corrected chi connectivity index (χ4v) is 1.98. The molecule has 6 heteroatoms. The lowest BCUT2D eigenvalue weighted by Gasteiger charge is -2.16. The van der Waals surface area contributed by atoms with Crippen molar-refractivity contribution in [2.75, 3.05) is 25.6 Å². The maximum absolute atomic E-state index is 13.3. The topological polar surface area (TPSA) is 37.4 Å². The van der Waals surface area contributed by atoms with Crippen molar-refractivity contribution in [3.63, 3.8) is 0 Å². The van der Waals surface area contributed by atoms with Gasteiger partial charge in [-0.05, 0) is 13.1 Å². The van der Waals surface area contributed by atoms with E-state index >= 15 is 0 Å². The highest BCUT2D eigenvalue weighted by Crippen LogP contribution is 2.11. The quantitative estimate of drug-likeness (QED) is 0.806. The van der Waals surface area contributed by atoms with Crippen LogP contribution < -0.4 is 0 Å². The Hall–Kier alpha value is -1.01. The molecule has 0 heterocycles. The molecule has 0 N–H and O–H groups in total. The highest BCUT2D eigenvalue weighted by atomic mass is 32.2. The first-order chi connectivity index (χ1) is 7.78. The molecule has 17 heavy (non-hydrogen) atoms. The molecule has 0 unspecified atom stereocenters. The van der Waals surface area contributed by atoms with Crippen LogP contribution in [0.1, 0.15) is 5.56 Å². The van der Waals surface area contributed by atoms with E-state index in [1.165, 1.54) is 12.1 Å². The molecule has 1 rings (SSSR count). The van der Waals surface area contributed by atoms with E-state index in [-0.39, 0.29) is 12.3 Å². The monoisotopic (exact) mass is 263 g/mol. The Bertz CT molecular complexity index is 488. The van der Waals surface area contributed by atoms with Crippen molar-refractivity contribution in [3.05, 3.63) is 35.4 Å². The molecular formula is C11H15F2NO2S. The standard InChI is InChI=1S/C11H15F2NO2S/c1-14(5-6-17(2,15)16)8-9-3-4-10(12)7-11(9)13/h3-4,7H,5-6,8H2,1-2H3. The van der Waals surface area contributed by atoms with Gasteiger partial charge < -0.3 is 4.90 Å². The summed E-state index contributed by atoms with van der Waals surface area (Å²) in [4.78, 5) is 1.68. The fourth-order valence-electron chi connectivity index (χ4n) is 1.34. The lowest BCUT2D eigenvalue weighted by atomic mass is 10.2. The van der Waals surface area contributed by atoms with Crippen molar-refractivity contribution >= 4 is 9.84 Å². The molecule has 0 aliphatic heterocycles. The molecule has 96 valence electrons. The normalized spacial score (nSPS) is 12.1. The molecule has 3 nitrogen and oxygen atoms in total. The third-order valence-corrected chi connectivity index (χ3v) is 3.22. The lowest BCUT2D eigenvalue weighted by molar-refractivity contribution is 0.339. The van der Waals surface area contributed by atoms with Crippen molar-refractivity contribution in [3.8, 4) is 0 Å². The summed E-state index contributed by atoms with van der Waals surface area (Å²) >= 11 is 0. The Balaban J connectivity index is 2.59. The summed E-state index contributed by atoms with van der Waals surface area (Å²) in [6.45, 7) is 0.567. The zero-order valence-corrected chi connectivity index (χ0v) is 10.6. The minimum atomic E-state index is -3.02. The second-order valence-electron chi connectivity index (χ2n) is 4.10. The lowest BCUT2D eigenvalue weighted by Crippen LogP contribution is -2.25. The van der Waals surface area contributed by atoms with Crippen LogP contribution in [0.2, 0.25) is 0 Å². The zero-order chi connectivity index (χ0) is 13.1. The van der Waals surface area contributed by atoms with Crippen LogP contribution in [-0.4, -0.2) is 38.9 Å². The molecule has 0 bridgehead atoms. The first-order valence-electron chi connectivity index (χ1n) is 5.08. The molecule has 0 atom stereocenters. The van der Waals surface area contributed by atoms with Gasteiger partial charge in [-0.2, -0.15) is 0 Å². The van der Waals surface area contributed by atoms with Gasteiger partial charge in [-0.15, -0.1) is 0 Å². The number of rotatable bonds is 5. The average Bonchev–Trinajstić information content (AvgIpc) is 2.18. The highest BCUT2D eigenvalue weighted by molar-refractivity contribution is 7.90. The predicted octanol–water partition coefficient (Wildman–Crippen LogP) is 1.44. The summed E-state index contributed by atoms with van der Waals surface area (Å²) in [6.07, 6.45) is 1.15. The molecule has 0 fully saturated rings. The van der Waals surface area contributed by atoms with Crippen molar-refractivity contribution < 1.29 is 17.2 Å². The molecule has 0 amide bonds. The van der Waals surface area contributed by atoms with Gasteiger partial charge in [0.05, 0.1) is 5.75 Å². The molecule has 1 aromatic rings. The van der Waals surface area contributed by atoms with Crippen LogP contribution in [0.15, 0.2) is 18.2 Å². The summed E-state index contributed by atoms with van der Waals surface area (Å²) in [5, 5.41) is 0. The van der Waals surface area contributed by atoms with Gasteiger partial charge in [0.15, 0.2) is 0 Å². The number of sulfone groups is 1. The summed E-state index contributed by atoms with van der Waals surface area (Å²) < 4.78 is 47.9. The molecule has 0 spiro atoms. The van der Waals surface area contributed by atoms with Crippen LogP contribution >= 0.6 is 0 Å². The van der Waals surface area contributed by atoms with Crippen LogP contribution in [0.3, 0.4) is 0 Å². The van der Waals surface area contributed by atoms with Crippen LogP contribution in [0, 0.1) is 11.6 Å². The zero-order valence-electron chi connectivity index (χ0n) is 9.78. The van der Waals surface area contributed by atoms with Crippen LogP contribution in [0.25, 0.3) is 0 Å². The Morgan fingerprint density at radius 1 is 1.29 bits per heavy atom.